The molecule has 0 radical (unpaired) electrons. The number of sulfonamides is 1. The van der Waals surface area contributed by atoms with Gasteiger partial charge in [0.2, 0.25) is 15.9 Å². The molecule has 2 atom stereocenters. The molecular weight excluding hydrogens is 478 g/mol. The Balaban J connectivity index is 1.80. The van der Waals surface area contributed by atoms with Gasteiger partial charge in [0, 0.05) is 13.1 Å². The number of amides is 1. The first-order chi connectivity index (χ1) is 17.1. The second-order valence-electron chi connectivity index (χ2n) is 9.35. The molecule has 0 heterocycles. The second kappa shape index (κ2) is 12.2. The highest BCUT2D eigenvalue weighted by Gasteiger charge is 2.32. The molecule has 1 aliphatic carbocycles. The third kappa shape index (κ3) is 6.93. The molecule has 9 heteroatoms. The van der Waals surface area contributed by atoms with Crippen molar-refractivity contribution in [2.45, 2.75) is 62.4 Å². The summed E-state index contributed by atoms with van der Waals surface area (Å²) < 4.78 is 33.9. The number of esters is 1. The minimum absolute atomic E-state index is 0.0399. The first kappa shape index (κ1) is 27.4. The largest absolute Gasteiger partial charge is 0.469 e. The van der Waals surface area contributed by atoms with Gasteiger partial charge in [-0.15, -0.1) is 0 Å². The Morgan fingerprint density at radius 1 is 1.06 bits per heavy atom. The maximum Gasteiger partial charge on any atom is 0.308 e. The van der Waals surface area contributed by atoms with Crippen LogP contribution in [0.5, 0.6) is 0 Å². The van der Waals surface area contributed by atoms with Gasteiger partial charge < -0.3 is 9.64 Å². The number of ether oxygens (including phenoxy) is 1. The number of benzene rings is 2. The van der Waals surface area contributed by atoms with E-state index in [4.69, 9.17) is 10.00 Å². The average molecular weight is 512 g/mol. The molecule has 1 amide bonds. The van der Waals surface area contributed by atoms with Crippen LogP contribution in [0, 0.1) is 17.2 Å². The van der Waals surface area contributed by atoms with E-state index in [1.54, 1.807) is 55.3 Å². The van der Waals surface area contributed by atoms with E-state index >= 15 is 0 Å². The van der Waals surface area contributed by atoms with Gasteiger partial charge in [-0.1, -0.05) is 44.0 Å². The molecule has 192 valence electrons. The molecule has 2 unspecified atom stereocenters. The fraction of sp³-hybridized carbons (Fsp3) is 0.444. The summed E-state index contributed by atoms with van der Waals surface area (Å²) in [6, 6.07) is 14.2. The summed E-state index contributed by atoms with van der Waals surface area (Å²) in [6.45, 7) is 1.75. The van der Waals surface area contributed by atoms with Crippen molar-refractivity contribution >= 4 is 21.9 Å². The highest BCUT2D eigenvalue weighted by Crippen LogP contribution is 2.24. The van der Waals surface area contributed by atoms with E-state index in [9.17, 15) is 18.0 Å². The Morgan fingerprint density at radius 3 is 2.17 bits per heavy atom. The summed E-state index contributed by atoms with van der Waals surface area (Å²) >= 11 is 0. The molecule has 0 saturated heterocycles. The van der Waals surface area contributed by atoms with Crippen LogP contribution in [0.15, 0.2) is 53.4 Å². The molecule has 0 aliphatic heterocycles. The molecule has 0 spiro atoms. The Hall–Kier alpha value is -3.22. The number of hydrogen-bond acceptors (Lipinski definition) is 6. The van der Waals surface area contributed by atoms with Crippen LogP contribution in [0.2, 0.25) is 0 Å². The molecule has 3 rings (SSSR count). The molecule has 1 saturated carbocycles. The molecule has 0 bridgehead atoms. The zero-order valence-electron chi connectivity index (χ0n) is 20.9. The van der Waals surface area contributed by atoms with Crippen LogP contribution in [0.4, 0.5) is 0 Å². The Kier molecular flexibility index (Phi) is 9.24. The SMILES string of the molecule is COC(=O)C(C)Cc1ccc(S(=O)(=O)NC(Cc2ccc(C#N)cc2)C(=O)N(C)C2CCCC2)cc1. The van der Waals surface area contributed by atoms with Gasteiger partial charge in [0.25, 0.3) is 0 Å². The standard InChI is InChI=1S/C27H33N3O5S/c1-19(27(32)35-3)16-20-12-14-24(15-13-20)36(33,34)29-25(17-21-8-10-22(18-28)11-9-21)26(31)30(2)23-6-4-5-7-23/h8-15,19,23,25,29H,4-7,16-17H2,1-3H3. The van der Waals surface area contributed by atoms with Gasteiger partial charge in [-0.05, 0) is 61.1 Å². The maximum atomic E-state index is 13.4. The monoisotopic (exact) mass is 511 g/mol. The predicted molar refractivity (Wildman–Crippen MR) is 135 cm³/mol. The van der Waals surface area contributed by atoms with Gasteiger partial charge in [-0.3, -0.25) is 9.59 Å². The van der Waals surface area contributed by atoms with Crippen molar-refractivity contribution in [2.24, 2.45) is 5.92 Å². The quantitative estimate of drug-likeness (QED) is 0.490. The van der Waals surface area contributed by atoms with Gasteiger partial charge in [0.1, 0.15) is 6.04 Å². The summed E-state index contributed by atoms with van der Waals surface area (Å²) in [4.78, 5) is 26.8. The molecule has 1 N–H and O–H groups in total. The zero-order chi connectivity index (χ0) is 26.3. The predicted octanol–water partition coefficient (Wildman–Crippen LogP) is 3.20. The molecule has 36 heavy (non-hydrogen) atoms. The maximum absolute atomic E-state index is 13.4. The van der Waals surface area contributed by atoms with Crippen LogP contribution in [-0.2, 0) is 37.2 Å². The Labute approximate surface area is 213 Å². The van der Waals surface area contributed by atoms with Crippen LogP contribution in [0.3, 0.4) is 0 Å². The van der Waals surface area contributed by atoms with Gasteiger partial charge in [-0.2, -0.15) is 9.98 Å². The number of carbonyl (C=O) groups excluding carboxylic acids is 2. The van der Waals surface area contributed by atoms with E-state index in [0.29, 0.717) is 12.0 Å². The number of methoxy groups -OCH3 is 1. The van der Waals surface area contributed by atoms with E-state index in [1.807, 2.05) is 0 Å². The molecule has 8 nitrogen and oxygen atoms in total. The summed E-state index contributed by atoms with van der Waals surface area (Å²) in [6.07, 6.45) is 4.50. The van der Waals surface area contributed by atoms with E-state index in [0.717, 1.165) is 36.8 Å². The number of hydrogen-bond donors (Lipinski definition) is 1. The number of nitrogens with one attached hydrogen (secondary N) is 1. The lowest BCUT2D eigenvalue weighted by Gasteiger charge is -2.29. The minimum Gasteiger partial charge on any atom is -0.469 e. The highest BCUT2D eigenvalue weighted by atomic mass is 32.2. The lowest BCUT2D eigenvalue weighted by Crippen LogP contribution is -2.50. The topological polar surface area (TPSA) is 117 Å². The van der Waals surface area contributed by atoms with Gasteiger partial charge in [0.05, 0.1) is 29.6 Å². The van der Waals surface area contributed by atoms with Crippen molar-refractivity contribution < 1.29 is 22.7 Å². The Bertz CT molecular complexity index is 1200. The van der Waals surface area contributed by atoms with Gasteiger partial charge in [0.15, 0.2) is 0 Å². The number of nitrogens with zero attached hydrogens (tertiary/aromatic N) is 2. The molecule has 1 aliphatic rings. The van der Waals surface area contributed by atoms with Crippen molar-refractivity contribution in [3.8, 4) is 6.07 Å². The molecule has 2 aromatic carbocycles. The van der Waals surface area contributed by atoms with E-state index in [1.165, 1.54) is 19.2 Å². The van der Waals surface area contributed by atoms with Crippen molar-refractivity contribution in [2.75, 3.05) is 14.2 Å². The van der Waals surface area contributed by atoms with Crippen LogP contribution >= 0.6 is 0 Å². The Morgan fingerprint density at radius 2 is 1.61 bits per heavy atom. The summed E-state index contributed by atoms with van der Waals surface area (Å²) in [5.74, 6) is -0.960. The zero-order valence-corrected chi connectivity index (χ0v) is 21.8. The third-order valence-corrected chi connectivity index (χ3v) is 8.21. The molecule has 2 aromatic rings. The lowest BCUT2D eigenvalue weighted by atomic mass is 10.0. The van der Waals surface area contributed by atoms with Crippen LogP contribution in [-0.4, -0.2) is 51.4 Å². The van der Waals surface area contributed by atoms with Crippen molar-refractivity contribution in [1.82, 2.24) is 9.62 Å². The minimum atomic E-state index is -4.00. The fourth-order valence-electron chi connectivity index (χ4n) is 4.55. The smallest absolute Gasteiger partial charge is 0.308 e. The van der Waals surface area contributed by atoms with Gasteiger partial charge >= 0.3 is 5.97 Å². The molecule has 0 aromatic heterocycles. The molecular formula is C27H33N3O5S. The highest BCUT2D eigenvalue weighted by molar-refractivity contribution is 7.89. The molecule has 1 fully saturated rings. The van der Waals surface area contributed by atoms with Crippen molar-refractivity contribution in [3.63, 3.8) is 0 Å². The number of rotatable bonds is 10. The first-order valence-electron chi connectivity index (χ1n) is 12.1. The normalized spacial score (nSPS) is 15.6. The van der Waals surface area contributed by atoms with Crippen LogP contribution in [0.25, 0.3) is 0 Å². The second-order valence-corrected chi connectivity index (χ2v) is 11.1. The summed E-state index contributed by atoms with van der Waals surface area (Å²) in [7, 11) is -0.937. The number of carbonyl (C=O) groups is 2. The fourth-order valence-corrected chi connectivity index (χ4v) is 5.74. The lowest BCUT2D eigenvalue weighted by molar-refractivity contribution is -0.144. The van der Waals surface area contributed by atoms with E-state index in [2.05, 4.69) is 10.8 Å². The van der Waals surface area contributed by atoms with Gasteiger partial charge in [-0.25, -0.2) is 8.42 Å². The van der Waals surface area contributed by atoms with Crippen molar-refractivity contribution in [1.29, 1.82) is 5.26 Å². The number of nitriles is 1. The van der Waals surface area contributed by atoms with Crippen molar-refractivity contribution in [3.05, 3.63) is 65.2 Å². The first-order valence-corrected chi connectivity index (χ1v) is 13.6. The summed E-state index contributed by atoms with van der Waals surface area (Å²) in [5.41, 5.74) is 2.05. The average Bonchev–Trinajstić information content (AvgIpc) is 3.42. The van der Waals surface area contributed by atoms with Crippen LogP contribution < -0.4 is 4.72 Å². The van der Waals surface area contributed by atoms with E-state index in [-0.39, 0.29) is 35.2 Å². The summed E-state index contributed by atoms with van der Waals surface area (Å²) in [5, 5.41) is 9.05. The number of likely N-dealkylation sites (N-methyl/N-ethyl adjacent to an activating group) is 1. The van der Waals surface area contributed by atoms with Crippen LogP contribution in [0.1, 0.15) is 49.3 Å². The van der Waals surface area contributed by atoms with E-state index < -0.39 is 16.1 Å². The third-order valence-electron chi connectivity index (χ3n) is 6.72.